The van der Waals surface area contributed by atoms with Crippen molar-refractivity contribution in [1.82, 2.24) is 25.0 Å². The lowest BCUT2D eigenvalue weighted by atomic mass is 10.1. The van der Waals surface area contributed by atoms with Crippen LogP contribution < -0.4 is 5.69 Å². The molecule has 1 aliphatic rings. The first-order valence-corrected chi connectivity index (χ1v) is 7.95. The second kappa shape index (κ2) is 6.88. The summed E-state index contributed by atoms with van der Waals surface area (Å²) in [5.41, 5.74) is 0.491. The average molecular weight is 347 g/mol. The van der Waals surface area contributed by atoms with Gasteiger partial charge in [0.15, 0.2) is 0 Å². The van der Waals surface area contributed by atoms with E-state index in [9.17, 15) is 18.8 Å². The third kappa shape index (κ3) is 3.59. The lowest BCUT2D eigenvalue weighted by Gasteiger charge is -2.22. The van der Waals surface area contributed by atoms with Crippen molar-refractivity contribution < 1.29 is 14.0 Å². The van der Waals surface area contributed by atoms with Gasteiger partial charge >= 0.3 is 5.69 Å². The molecular formula is C16H18FN5O3. The van der Waals surface area contributed by atoms with Crippen LogP contribution in [0.1, 0.15) is 33.0 Å². The fourth-order valence-corrected chi connectivity index (χ4v) is 2.84. The number of hydrogen-bond acceptors (Lipinski definition) is 4. The van der Waals surface area contributed by atoms with Crippen LogP contribution in [-0.2, 0) is 0 Å². The normalized spacial score (nSPS) is 15.1. The number of H-pyrrole nitrogens is 2. The van der Waals surface area contributed by atoms with Crippen molar-refractivity contribution in [2.75, 3.05) is 26.2 Å². The summed E-state index contributed by atoms with van der Waals surface area (Å²) in [6.45, 7) is 3.31. The molecule has 2 N–H and O–H groups in total. The van der Waals surface area contributed by atoms with Crippen molar-refractivity contribution in [1.29, 1.82) is 0 Å². The molecule has 0 bridgehead atoms. The van der Waals surface area contributed by atoms with Crippen molar-refractivity contribution in [2.45, 2.75) is 13.3 Å². The first kappa shape index (κ1) is 16.9. The van der Waals surface area contributed by atoms with Crippen LogP contribution in [0.3, 0.4) is 0 Å². The average Bonchev–Trinajstić information content (AvgIpc) is 2.88. The first-order valence-electron chi connectivity index (χ1n) is 7.95. The van der Waals surface area contributed by atoms with Crippen LogP contribution >= 0.6 is 0 Å². The summed E-state index contributed by atoms with van der Waals surface area (Å²) in [4.78, 5) is 41.6. The van der Waals surface area contributed by atoms with Gasteiger partial charge in [-0.3, -0.25) is 14.6 Å². The number of hydrogen-bond donors (Lipinski definition) is 2. The van der Waals surface area contributed by atoms with Crippen molar-refractivity contribution in [2.24, 2.45) is 0 Å². The van der Waals surface area contributed by atoms with E-state index < -0.39 is 17.4 Å². The molecule has 1 aliphatic heterocycles. The highest BCUT2D eigenvalue weighted by Crippen LogP contribution is 2.15. The molecule has 0 saturated carbocycles. The molecule has 3 rings (SSSR count). The van der Waals surface area contributed by atoms with Gasteiger partial charge in [0.2, 0.25) is 5.82 Å². The number of nitrogens with zero attached hydrogens (tertiary/aromatic N) is 3. The van der Waals surface area contributed by atoms with Gasteiger partial charge in [-0.05, 0) is 31.0 Å². The molecule has 2 amide bonds. The number of aromatic nitrogens is 3. The fraction of sp³-hybridized carbons (Fsp3) is 0.375. The lowest BCUT2D eigenvalue weighted by Crippen LogP contribution is -2.38. The minimum absolute atomic E-state index is 0.0502. The Bertz CT molecular complexity index is 859. The SMILES string of the molecule is Cc1ccc(F)cc1C(=O)N1CCCN(C(=O)c2n[nH]c(=O)[nH]2)CC1. The zero-order valence-electron chi connectivity index (χ0n) is 13.7. The second-order valence-corrected chi connectivity index (χ2v) is 5.92. The summed E-state index contributed by atoms with van der Waals surface area (Å²) in [5.74, 6) is -1.15. The van der Waals surface area contributed by atoms with Gasteiger partial charge < -0.3 is 9.80 Å². The van der Waals surface area contributed by atoms with Crippen molar-refractivity contribution in [3.63, 3.8) is 0 Å². The maximum Gasteiger partial charge on any atom is 0.341 e. The lowest BCUT2D eigenvalue weighted by molar-refractivity contribution is 0.0712. The zero-order valence-corrected chi connectivity index (χ0v) is 13.7. The molecular weight excluding hydrogens is 329 g/mol. The van der Waals surface area contributed by atoms with E-state index in [1.165, 1.54) is 17.0 Å². The molecule has 0 radical (unpaired) electrons. The number of nitrogens with one attached hydrogen (secondary N) is 2. The number of carbonyl (C=O) groups is 2. The van der Waals surface area contributed by atoms with E-state index in [-0.39, 0.29) is 11.7 Å². The third-order valence-electron chi connectivity index (χ3n) is 4.20. The molecule has 0 spiro atoms. The molecule has 8 nitrogen and oxygen atoms in total. The molecule has 1 aromatic heterocycles. The number of aromatic amines is 2. The quantitative estimate of drug-likeness (QED) is 0.827. The maximum absolute atomic E-state index is 13.5. The highest BCUT2D eigenvalue weighted by molar-refractivity contribution is 5.96. The minimum Gasteiger partial charge on any atom is -0.337 e. The largest absolute Gasteiger partial charge is 0.341 e. The zero-order chi connectivity index (χ0) is 18.0. The summed E-state index contributed by atoms with van der Waals surface area (Å²) in [6, 6.07) is 4.13. The summed E-state index contributed by atoms with van der Waals surface area (Å²) in [6.07, 6.45) is 0.584. The van der Waals surface area contributed by atoms with E-state index in [1.807, 2.05) is 0 Å². The Balaban J connectivity index is 1.71. The summed E-state index contributed by atoms with van der Waals surface area (Å²) < 4.78 is 13.5. The fourth-order valence-electron chi connectivity index (χ4n) is 2.84. The molecule has 0 aliphatic carbocycles. The third-order valence-corrected chi connectivity index (χ3v) is 4.20. The summed E-state index contributed by atoms with van der Waals surface area (Å²) in [7, 11) is 0. The van der Waals surface area contributed by atoms with E-state index in [0.29, 0.717) is 43.7 Å². The molecule has 1 fully saturated rings. The number of rotatable bonds is 2. The van der Waals surface area contributed by atoms with E-state index in [0.717, 1.165) is 0 Å². The van der Waals surface area contributed by atoms with Gasteiger partial charge in [-0.15, -0.1) is 5.10 Å². The Morgan fingerprint density at radius 1 is 1.12 bits per heavy atom. The first-order chi connectivity index (χ1) is 12.0. The van der Waals surface area contributed by atoms with Crippen LogP contribution in [0.2, 0.25) is 0 Å². The Morgan fingerprint density at radius 3 is 2.44 bits per heavy atom. The van der Waals surface area contributed by atoms with Gasteiger partial charge in [0.05, 0.1) is 0 Å². The van der Waals surface area contributed by atoms with Crippen LogP contribution in [-0.4, -0.2) is 63.0 Å². The molecule has 1 aromatic carbocycles. The highest BCUT2D eigenvalue weighted by atomic mass is 19.1. The van der Waals surface area contributed by atoms with Crippen LogP contribution in [0.15, 0.2) is 23.0 Å². The van der Waals surface area contributed by atoms with Gasteiger partial charge in [0, 0.05) is 31.7 Å². The van der Waals surface area contributed by atoms with Gasteiger partial charge in [0.25, 0.3) is 11.8 Å². The van der Waals surface area contributed by atoms with Crippen LogP contribution in [0, 0.1) is 12.7 Å². The molecule has 132 valence electrons. The maximum atomic E-state index is 13.5. The minimum atomic E-state index is -0.545. The van der Waals surface area contributed by atoms with Crippen molar-refractivity contribution in [3.8, 4) is 0 Å². The Hall–Kier alpha value is -2.97. The molecule has 2 aromatic rings. The van der Waals surface area contributed by atoms with Crippen LogP contribution in [0.5, 0.6) is 0 Å². The smallest absolute Gasteiger partial charge is 0.337 e. The molecule has 0 unspecified atom stereocenters. The Morgan fingerprint density at radius 2 is 1.80 bits per heavy atom. The monoisotopic (exact) mass is 347 g/mol. The van der Waals surface area contributed by atoms with Gasteiger partial charge in [-0.2, -0.15) is 0 Å². The summed E-state index contributed by atoms with van der Waals surface area (Å²) >= 11 is 0. The van der Waals surface area contributed by atoms with Crippen molar-refractivity contribution in [3.05, 3.63) is 51.5 Å². The Labute approximate surface area is 142 Å². The predicted octanol–water partition coefficient (Wildman–Crippen LogP) is 0.534. The summed E-state index contributed by atoms with van der Waals surface area (Å²) in [5, 5.41) is 5.79. The highest BCUT2D eigenvalue weighted by Gasteiger charge is 2.25. The number of amides is 2. The molecule has 2 heterocycles. The number of carbonyl (C=O) groups excluding carboxylic acids is 2. The molecule has 25 heavy (non-hydrogen) atoms. The Kier molecular flexibility index (Phi) is 4.64. The number of benzene rings is 1. The van der Waals surface area contributed by atoms with Crippen LogP contribution in [0.25, 0.3) is 0 Å². The van der Waals surface area contributed by atoms with Gasteiger partial charge in [-0.25, -0.2) is 14.3 Å². The van der Waals surface area contributed by atoms with Crippen molar-refractivity contribution >= 4 is 11.8 Å². The van der Waals surface area contributed by atoms with Gasteiger partial charge in [-0.1, -0.05) is 6.07 Å². The predicted molar refractivity (Wildman–Crippen MR) is 86.8 cm³/mol. The van der Waals surface area contributed by atoms with E-state index in [1.54, 1.807) is 17.9 Å². The standard InChI is InChI=1S/C16H18FN5O3/c1-10-3-4-11(17)9-12(10)14(23)21-5-2-6-22(8-7-21)15(24)13-18-16(25)20-19-13/h3-4,9H,2,5-8H2,1H3,(H2,18,19,20,25). The molecule has 9 heteroatoms. The van der Waals surface area contributed by atoms with E-state index in [4.69, 9.17) is 0 Å². The molecule has 1 saturated heterocycles. The number of halogens is 1. The van der Waals surface area contributed by atoms with E-state index in [2.05, 4.69) is 15.2 Å². The van der Waals surface area contributed by atoms with Crippen LogP contribution in [0.4, 0.5) is 4.39 Å². The number of aryl methyl sites for hydroxylation is 1. The second-order valence-electron chi connectivity index (χ2n) is 5.92. The topological polar surface area (TPSA) is 102 Å². The van der Waals surface area contributed by atoms with Gasteiger partial charge in [0.1, 0.15) is 5.82 Å². The van der Waals surface area contributed by atoms with E-state index >= 15 is 0 Å². The molecule has 0 atom stereocenters.